The van der Waals surface area contributed by atoms with Crippen molar-refractivity contribution in [3.05, 3.63) is 63.5 Å². The van der Waals surface area contributed by atoms with Crippen molar-refractivity contribution in [2.24, 2.45) is 0 Å². The third-order valence-corrected chi connectivity index (χ3v) is 5.43. The van der Waals surface area contributed by atoms with Gasteiger partial charge in [0.05, 0.1) is 5.69 Å². The number of aryl methyl sites for hydroxylation is 3. The van der Waals surface area contributed by atoms with Gasteiger partial charge in [-0.15, -0.1) is 0 Å². The molecule has 0 saturated carbocycles. The Morgan fingerprint density at radius 2 is 1.93 bits per heavy atom. The minimum Gasteiger partial charge on any atom is -0.351 e. The second-order valence-corrected chi connectivity index (χ2v) is 7.66. The minimum absolute atomic E-state index is 0.0717. The molecule has 3 rings (SSSR count). The summed E-state index contributed by atoms with van der Waals surface area (Å²) in [4.78, 5) is 29.2. The third kappa shape index (κ3) is 4.42. The number of halogens is 1. The topological polar surface area (TPSA) is 75.5 Å². The Kier molecular flexibility index (Phi) is 6.14. The number of pyridine rings is 1. The number of nitrogens with one attached hydrogen (secondary N) is 2. The first-order valence-corrected chi connectivity index (χ1v) is 9.94. The average Bonchev–Trinajstić information content (AvgIpc) is 2.99. The molecule has 6 nitrogen and oxygen atoms in total. The summed E-state index contributed by atoms with van der Waals surface area (Å²) in [5.74, 6) is -0.253. The van der Waals surface area contributed by atoms with E-state index in [9.17, 15) is 9.59 Å². The summed E-state index contributed by atoms with van der Waals surface area (Å²) in [5, 5.41) is 5.77. The zero-order valence-electron chi connectivity index (χ0n) is 16.2. The Morgan fingerprint density at radius 1 is 1.14 bits per heavy atom. The van der Waals surface area contributed by atoms with Crippen LogP contribution in [0.2, 0.25) is 0 Å². The summed E-state index contributed by atoms with van der Waals surface area (Å²) in [7, 11) is 0. The number of imidazole rings is 1. The minimum atomic E-state index is -0.181. The second kappa shape index (κ2) is 8.56. The molecule has 3 aromatic rings. The molecule has 0 atom stereocenters. The summed E-state index contributed by atoms with van der Waals surface area (Å²) in [6.07, 6.45) is 2.73. The number of anilines is 1. The molecule has 2 heterocycles. The van der Waals surface area contributed by atoms with Crippen LogP contribution in [-0.4, -0.2) is 27.7 Å². The summed E-state index contributed by atoms with van der Waals surface area (Å²) < 4.78 is 2.81. The van der Waals surface area contributed by atoms with Gasteiger partial charge in [0.15, 0.2) is 0 Å². The predicted molar refractivity (Wildman–Crippen MR) is 114 cm³/mol. The van der Waals surface area contributed by atoms with E-state index in [1.54, 1.807) is 0 Å². The highest BCUT2D eigenvalue weighted by molar-refractivity contribution is 9.10. The van der Waals surface area contributed by atoms with E-state index in [2.05, 4.69) is 31.5 Å². The number of fused-ring (bicyclic) bond motifs is 1. The van der Waals surface area contributed by atoms with Crippen LogP contribution in [0.25, 0.3) is 5.65 Å². The number of hydrogen-bond donors (Lipinski definition) is 2. The monoisotopic (exact) mass is 442 g/mol. The predicted octanol–water partition coefficient (Wildman–Crippen LogP) is 4.17. The molecule has 0 fully saturated rings. The van der Waals surface area contributed by atoms with Gasteiger partial charge < -0.3 is 10.6 Å². The van der Waals surface area contributed by atoms with Crippen LogP contribution >= 0.6 is 15.9 Å². The van der Waals surface area contributed by atoms with Crippen LogP contribution < -0.4 is 10.6 Å². The van der Waals surface area contributed by atoms with Gasteiger partial charge in [-0.25, -0.2) is 4.98 Å². The lowest BCUT2D eigenvalue weighted by molar-refractivity contribution is -0.116. The molecule has 2 aromatic heterocycles. The molecular formula is C21H23BrN4O2. The fraction of sp³-hybridized carbons (Fsp3) is 0.286. The van der Waals surface area contributed by atoms with Crippen molar-refractivity contribution in [1.82, 2.24) is 14.7 Å². The lowest BCUT2D eigenvalue weighted by Gasteiger charge is -2.08. The smallest absolute Gasteiger partial charge is 0.270 e. The van der Waals surface area contributed by atoms with E-state index in [1.165, 1.54) is 0 Å². The number of carbonyl (C=O) groups excluding carboxylic acids is 2. The Hall–Kier alpha value is -2.67. The van der Waals surface area contributed by atoms with Gasteiger partial charge in [0, 0.05) is 29.3 Å². The van der Waals surface area contributed by atoms with Gasteiger partial charge >= 0.3 is 0 Å². The number of hydrogen-bond acceptors (Lipinski definition) is 3. The molecule has 0 saturated heterocycles. The molecule has 7 heteroatoms. The number of aromatic nitrogens is 2. The van der Waals surface area contributed by atoms with E-state index in [-0.39, 0.29) is 11.8 Å². The number of carbonyl (C=O) groups is 2. The molecule has 0 aliphatic carbocycles. The Balaban J connectivity index is 1.52. The van der Waals surface area contributed by atoms with Gasteiger partial charge in [-0.1, -0.05) is 22.0 Å². The maximum atomic E-state index is 12.6. The normalized spacial score (nSPS) is 10.9. The highest BCUT2D eigenvalue weighted by Crippen LogP contribution is 2.20. The lowest BCUT2D eigenvalue weighted by Crippen LogP contribution is -2.27. The van der Waals surface area contributed by atoms with Crippen LogP contribution in [0.5, 0.6) is 0 Å². The molecule has 2 amide bonds. The molecule has 2 N–H and O–H groups in total. The van der Waals surface area contributed by atoms with Gasteiger partial charge in [-0.2, -0.15) is 0 Å². The molecule has 146 valence electrons. The highest BCUT2D eigenvalue weighted by Gasteiger charge is 2.17. The van der Waals surface area contributed by atoms with Gasteiger partial charge in [0.1, 0.15) is 11.3 Å². The van der Waals surface area contributed by atoms with Crippen LogP contribution in [0, 0.1) is 20.8 Å². The fourth-order valence-corrected chi connectivity index (χ4v) is 3.32. The molecule has 1 aromatic carbocycles. The van der Waals surface area contributed by atoms with Crippen molar-refractivity contribution >= 4 is 39.1 Å². The molecule has 0 aliphatic heterocycles. The lowest BCUT2D eigenvalue weighted by atomic mass is 10.2. The molecular weight excluding hydrogens is 420 g/mol. The van der Waals surface area contributed by atoms with Crippen LogP contribution in [0.1, 0.15) is 40.2 Å². The number of nitrogens with zero attached hydrogens (tertiary/aromatic N) is 2. The van der Waals surface area contributed by atoms with Gasteiger partial charge in [-0.05, 0) is 62.6 Å². The van der Waals surface area contributed by atoms with Crippen molar-refractivity contribution in [1.29, 1.82) is 0 Å². The van der Waals surface area contributed by atoms with Crippen molar-refractivity contribution in [3.8, 4) is 0 Å². The van der Waals surface area contributed by atoms with Crippen LogP contribution in [-0.2, 0) is 4.79 Å². The summed E-state index contributed by atoms with van der Waals surface area (Å²) in [5.41, 5.74) is 4.86. The first-order chi connectivity index (χ1) is 13.4. The first-order valence-electron chi connectivity index (χ1n) is 9.15. The van der Waals surface area contributed by atoms with E-state index in [0.29, 0.717) is 30.8 Å². The zero-order valence-corrected chi connectivity index (χ0v) is 17.8. The quantitative estimate of drug-likeness (QED) is 0.562. The van der Waals surface area contributed by atoms with Gasteiger partial charge in [-0.3, -0.25) is 14.0 Å². The van der Waals surface area contributed by atoms with Crippen LogP contribution in [0.3, 0.4) is 0 Å². The number of benzene rings is 1. The summed E-state index contributed by atoms with van der Waals surface area (Å²) in [6, 6.07) is 9.54. The number of amides is 2. The van der Waals surface area contributed by atoms with E-state index >= 15 is 0 Å². The molecule has 0 aliphatic rings. The third-order valence-electron chi connectivity index (χ3n) is 4.54. The van der Waals surface area contributed by atoms with Crippen molar-refractivity contribution in [2.75, 3.05) is 11.9 Å². The molecule has 28 heavy (non-hydrogen) atoms. The summed E-state index contributed by atoms with van der Waals surface area (Å²) in [6.45, 7) is 6.19. The van der Waals surface area contributed by atoms with E-state index in [4.69, 9.17) is 0 Å². The average molecular weight is 443 g/mol. The largest absolute Gasteiger partial charge is 0.351 e. The SMILES string of the molecule is Cc1cc(NC(=O)CCCNC(=O)c2c(C)nc3c(C)cccn23)ccc1Br. The second-order valence-electron chi connectivity index (χ2n) is 6.80. The van der Waals surface area contributed by atoms with Crippen LogP contribution in [0.4, 0.5) is 5.69 Å². The summed E-state index contributed by atoms with van der Waals surface area (Å²) >= 11 is 3.44. The Bertz CT molecular complexity index is 1040. The molecule has 0 spiro atoms. The highest BCUT2D eigenvalue weighted by atomic mass is 79.9. The first kappa shape index (κ1) is 20.1. The van der Waals surface area contributed by atoms with E-state index < -0.39 is 0 Å². The fourth-order valence-electron chi connectivity index (χ4n) is 3.07. The maximum absolute atomic E-state index is 12.6. The van der Waals surface area contributed by atoms with E-state index in [0.717, 1.165) is 26.9 Å². The molecule has 0 bridgehead atoms. The maximum Gasteiger partial charge on any atom is 0.270 e. The number of rotatable bonds is 6. The zero-order chi connectivity index (χ0) is 20.3. The molecule has 0 radical (unpaired) electrons. The van der Waals surface area contributed by atoms with Gasteiger partial charge in [0.2, 0.25) is 5.91 Å². The van der Waals surface area contributed by atoms with Crippen molar-refractivity contribution in [3.63, 3.8) is 0 Å². The van der Waals surface area contributed by atoms with Crippen LogP contribution in [0.15, 0.2) is 41.0 Å². The standard InChI is InChI=1S/C21H23BrN4O2/c1-13-6-5-11-26-19(15(3)24-20(13)26)21(28)23-10-4-7-18(27)25-16-8-9-17(22)14(2)12-16/h5-6,8-9,11-12H,4,7,10H2,1-3H3,(H,23,28)(H,25,27). The Morgan fingerprint density at radius 3 is 2.68 bits per heavy atom. The van der Waals surface area contributed by atoms with E-state index in [1.807, 2.05) is 61.7 Å². The van der Waals surface area contributed by atoms with Crippen molar-refractivity contribution < 1.29 is 9.59 Å². The molecule has 0 unspecified atom stereocenters. The van der Waals surface area contributed by atoms with Gasteiger partial charge in [0.25, 0.3) is 5.91 Å². The van der Waals surface area contributed by atoms with Crippen molar-refractivity contribution in [2.45, 2.75) is 33.6 Å². The Labute approximate surface area is 172 Å².